The number of H-pyrrole nitrogens is 1. The molecule has 0 aromatic carbocycles. The Hall–Kier alpha value is -1.45. The fourth-order valence-corrected chi connectivity index (χ4v) is 2.21. The molecule has 0 amide bonds. The van der Waals surface area contributed by atoms with Gasteiger partial charge in [-0.25, -0.2) is 17.9 Å². The molecule has 1 unspecified atom stereocenters. The van der Waals surface area contributed by atoms with E-state index in [0.717, 1.165) is 6.20 Å². The summed E-state index contributed by atoms with van der Waals surface area (Å²) in [6, 6.07) is 0. The Kier molecular flexibility index (Phi) is 4.21. The van der Waals surface area contributed by atoms with Crippen LogP contribution in [0, 0.1) is 0 Å². The molecule has 0 saturated carbocycles. The number of rotatable bonds is 6. The van der Waals surface area contributed by atoms with Gasteiger partial charge in [-0.05, 0) is 6.42 Å². The molecule has 8 nitrogen and oxygen atoms in total. The first-order chi connectivity index (χ1) is 7.88. The van der Waals surface area contributed by atoms with Crippen LogP contribution < -0.4 is 4.72 Å². The predicted octanol–water partition coefficient (Wildman–Crippen LogP) is -0.843. The van der Waals surface area contributed by atoms with Gasteiger partial charge in [0, 0.05) is 6.54 Å². The van der Waals surface area contributed by atoms with E-state index in [9.17, 15) is 18.3 Å². The molecule has 96 valence electrons. The van der Waals surface area contributed by atoms with Gasteiger partial charge in [0.25, 0.3) is 10.0 Å². The van der Waals surface area contributed by atoms with E-state index < -0.39 is 32.7 Å². The van der Waals surface area contributed by atoms with E-state index in [1.165, 1.54) is 0 Å². The highest BCUT2D eigenvalue weighted by atomic mass is 32.2. The normalized spacial score (nSPS) is 13.5. The number of hydrogen-bond donors (Lipinski definition) is 4. The molecule has 1 aromatic heterocycles. The zero-order chi connectivity index (χ0) is 13.1. The number of aromatic nitrogens is 2. The molecular weight excluding hydrogens is 250 g/mol. The van der Waals surface area contributed by atoms with Crippen molar-refractivity contribution in [3.05, 3.63) is 11.8 Å². The summed E-state index contributed by atoms with van der Waals surface area (Å²) in [6.07, 6.45) is 0.478. The summed E-state index contributed by atoms with van der Waals surface area (Å²) in [7, 11) is -4.01. The average Bonchev–Trinajstić information content (AvgIpc) is 2.75. The minimum Gasteiger partial charge on any atom is -0.478 e. The van der Waals surface area contributed by atoms with Gasteiger partial charge in [-0.15, -0.1) is 0 Å². The number of hydrogen-bond acceptors (Lipinski definition) is 5. The molecule has 4 N–H and O–H groups in total. The number of carbonyl (C=O) groups is 1. The van der Waals surface area contributed by atoms with Crippen LogP contribution in [0.15, 0.2) is 11.2 Å². The number of aliphatic hydroxyl groups is 1. The highest BCUT2D eigenvalue weighted by Crippen LogP contribution is 2.11. The van der Waals surface area contributed by atoms with Gasteiger partial charge in [-0.3, -0.25) is 5.10 Å². The van der Waals surface area contributed by atoms with E-state index >= 15 is 0 Å². The maximum atomic E-state index is 11.7. The Morgan fingerprint density at radius 3 is 2.82 bits per heavy atom. The zero-order valence-corrected chi connectivity index (χ0v) is 9.86. The van der Waals surface area contributed by atoms with E-state index in [1.807, 2.05) is 0 Å². The van der Waals surface area contributed by atoms with Crippen LogP contribution in [0.4, 0.5) is 0 Å². The largest absolute Gasteiger partial charge is 0.478 e. The van der Waals surface area contributed by atoms with E-state index in [0.29, 0.717) is 6.42 Å². The molecule has 0 aliphatic heterocycles. The van der Waals surface area contributed by atoms with Crippen molar-refractivity contribution >= 4 is 16.0 Å². The molecule has 9 heteroatoms. The lowest BCUT2D eigenvalue weighted by Crippen LogP contribution is -2.32. The standard InChI is InChI=1S/C8H13N3O5S/c1-2-5(12)3-10-17(15,16)7-6(8(13)14)4-9-11-7/h4-5,10,12H,2-3H2,1H3,(H,9,11)(H,13,14). The van der Waals surface area contributed by atoms with Crippen LogP contribution in [0.3, 0.4) is 0 Å². The molecule has 0 aliphatic carbocycles. The first-order valence-corrected chi connectivity index (χ1v) is 6.31. The van der Waals surface area contributed by atoms with Crippen molar-refractivity contribution in [3.8, 4) is 0 Å². The summed E-state index contributed by atoms with van der Waals surface area (Å²) in [5.74, 6) is -1.39. The van der Waals surface area contributed by atoms with Crippen LogP contribution in [0.5, 0.6) is 0 Å². The maximum Gasteiger partial charge on any atom is 0.340 e. The Bertz CT molecular complexity index is 495. The van der Waals surface area contributed by atoms with Gasteiger partial charge < -0.3 is 10.2 Å². The number of nitrogens with zero attached hydrogens (tertiary/aromatic N) is 1. The molecule has 0 bridgehead atoms. The number of carboxylic acids is 1. The van der Waals surface area contributed by atoms with E-state index in [1.54, 1.807) is 6.92 Å². The molecule has 1 atom stereocenters. The molecular formula is C8H13N3O5S. The Morgan fingerprint density at radius 2 is 2.29 bits per heavy atom. The van der Waals surface area contributed by atoms with Crippen LogP contribution in [-0.4, -0.2) is 47.4 Å². The lowest BCUT2D eigenvalue weighted by Gasteiger charge is -2.09. The first-order valence-electron chi connectivity index (χ1n) is 4.83. The van der Waals surface area contributed by atoms with Crippen molar-refractivity contribution < 1.29 is 23.4 Å². The molecule has 1 rings (SSSR count). The van der Waals surface area contributed by atoms with Crippen molar-refractivity contribution in [2.75, 3.05) is 6.54 Å². The van der Waals surface area contributed by atoms with Gasteiger partial charge in [-0.1, -0.05) is 6.92 Å². The fraction of sp³-hybridized carbons (Fsp3) is 0.500. The second-order valence-corrected chi connectivity index (χ2v) is 5.04. The predicted molar refractivity (Wildman–Crippen MR) is 57.0 cm³/mol. The molecule has 0 aliphatic rings. The third-order valence-corrected chi connectivity index (χ3v) is 3.48. The van der Waals surface area contributed by atoms with Crippen molar-refractivity contribution in [3.63, 3.8) is 0 Å². The average molecular weight is 263 g/mol. The summed E-state index contributed by atoms with van der Waals surface area (Å²) >= 11 is 0. The second-order valence-electron chi connectivity index (χ2n) is 3.33. The topological polar surface area (TPSA) is 132 Å². The Labute approximate surface area is 97.7 Å². The van der Waals surface area contributed by atoms with E-state index in [4.69, 9.17) is 5.11 Å². The van der Waals surface area contributed by atoms with Gasteiger partial charge in [0.2, 0.25) is 0 Å². The molecule has 0 spiro atoms. The van der Waals surface area contributed by atoms with Crippen molar-refractivity contribution in [1.82, 2.24) is 14.9 Å². The fourth-order valence-electron chi connectivity index (χ4n) is 1.05. The van der Waals surface area contributed by atoms with Crippen molar-refractivity contribution in [1.29, 1.82) is 0 Å². The molecule has 0 fully saturated rings. The number of aromatic carboxylic acids is 1. The number of aliphatic hydroxyl groups excluding tert-OH is 1. The van der Waals surface area contributed by atoms with Crippen LogP contribution >= 0.6 is 0 Å². The SMILES string of the molecule is CCC(O)CNS(=O)(=O)c1[nH]ncc1C(=O)O. The molecule has 0 radical (unpaired) electrons. The van der Waals surface area contributed by atoms with Gasteiger partial charge in [0.15, 0.2) is 5.03 Å². The number of aromatic amines is 1. The van der Waals surface area contributed by atoms with E-state index in [-0.39, 0.29) is 6.54 Å². The van der Waals surface area contributed by atoms with Crippen molar-refractivity contribution in [2.45, 2.75) is 24.5 Å². The molecule has 1 aromatic rings. The first kappa shape index (κ1) is 13.6. The Balaban J connectivity index is 2.90. The zero-order valence-electron chi connectivity index (χ0n) is 9.04. The number of carboxylic acid groups (broad SMARTS) is 1. The summed E-state index contributed by atoms with van der Waals surface area (Å²) in [5.41, 5.74) is -0.441. The van der Waals surface area contributed by atoms with Gasteiger partial charge in [-0.2, -0.15) is 5.10 Å². The van der Waals surface area contributed by atoms with Crippen LogP contribution in [0.2, 0.25) is 0 Å². The molecule has 0 saturated heterocycles. The minimum absolute atomic E-state index is 0.184. The third-order valence-electron chi connectivity index (χ3n) is 2.08. The second kappa shape index (κ2) is 5.25. The van der Waals surface area contributed by atoms with Crippen molar-refractivity contribution in [2.24, 2.45) is 0 Å². The van der Waals surface area contributed by atoms with Crippen LogP contribution in [0.25, 0.3) is 0 Å². The van der Waals surface area contributed by atoms with Crippen LogP contribution in [0.1, 0.15) is 23.7 Å². The summed E-state index contributed by atoms with van der Waals surface area (Å²) in [5, 5.41) is 22.9. The maximum absolute atomic E-state index is 11.7. The van der Waals surface area contributed by atoms with Gasteiger partial charge in [0.05, 0.1) is 12.3 Å². The molecule has 1 heterocycles. The van der Waals surface area contributed by atoms with Gasteiger partial charge >= 0.3 is 5.97 Å². The highest BCUT2D eigenvalue weighted by Gasteiger charge is 2.24. The highest BCUT2D eigenvalue weighted by molar-refractivity contribution is 7.89. The van der Waals surface area contributed by atoms with E-state index in [2.05, 4.69) is 14.9 Å². The lowest BCUT2D eigenvalue weighted by molar-refractivity contribution is 0.0692. The minimum atomic E-state index is -4.01. The monoisotopic (exact) mass is 263 g/mol. The smallest absolute Gasteiger partial charge is 0.340 e. The lowest BCUT2D eigenvalue weighted by atomic mass is 10.3. The quantitative estimate of drug-likeness (QED) is 0.529. The summed E-state index contributed by atoms with van der Waals surface area (Å²) in [4.78, 5) is 10.7. The number of nitrogens with one attached hydrogen (secondary N) is 2. The van der Waals surface area contributed by atoms with Gasteiger partial charge in [0.1, 0.15) is 5.56 Å². The summed E-state index contributed by atoms with van der Waals surface area (Å²) in [6.45, 7) is 1.51. The summed E-state index contributed by atoms with van der Waals surface area (Å²) < 4.78 is 25.5. The number of sulfonamides is 1. The molecule has 17 heavy (non-hydrogen) atoms. The van der Waals surface area contributed by atoms with Crippen LogP contribution in [-0.2, 0) is 10.0 Å². The third kappa shape index (κ3) is 3.25. The Morgan fingerprint density at radius 1 is 1.65 bits per heavy atom.